The van der Waals surface area contributed by atoms with Crippen LogP contribution >= 0.6 is 69.2 Å². The summed E-state index contributed by atoms with van der Waals surface area (Å²) in [7, 11) is 0. The van der Waals surface area contributed by atoms with Gasteiger partial charge in [-0.05, 0) is 19.1 Å². The Kier molecular flexibility index (Phi) is 7.59. The van der Waals surface area contributed by atoms with Gasteiger partial charge in [-0.25, -0.2) is 4.79 Å². The highest BCUT2D eigenvalue weighted by Crippen LogP contribution is 2.52. The molecule has 12 heteroatoms. The maximum absolute atomic E-state index is 12.8. The molecule has 2 amide bonds. The van der Waals surface area contributed by atoms with Gasteiger partial charge in [0.15, 0.2) is 6.61 Å². The molecule has 30 heavy (non-hydrogen) atoms. The number of rotatable bonds is 8. The molecule has 164 valence electrons. The molecule has 0 radical (unpaired) electrons. The Labute approximate surface area is 206 Å². The van der Waals surface area contributed by atoms with Crippen LogP contribution in [0.5, 0.6) is 5.75 Å². The molecule has 3 unspecified atom stereocenters. The van der Waals surface area contributed by atoms with Gasteiger partial charge in [-0.2, -0.15) is 0 Å². The first kappa shape index (κ1) is 24.0. The minimum absolute atomic E-state index is 0.225. The maximum atomic E-state index is 12.8. The van der Waals surface area contributed by atoms with Gasteiger partial charge in [0.25, 0.3) is 10.4 Å². The summed E-state index contributed by atoms with van der Waals surface area (Å²) in [6.07, 6.45) is 0. The SMILES string of the molecule is CC1(CI)S[C@@H]2C(NC(=O)COc3ccccc3)C(=O)N2C1C(=O)OC(Cl)(Cl)CCl. The first-order valence-corrected chi connectivity index (χ1v) is 12.5. The lowest BCUT2D eigenvalue weighted by Crippen LogP contribution is -2.71. The molecule has 1 aromatic carbocycles. The van der Waals surface area contributed by atoms with E-state index in [9.17, 15) is 14.4 Å². The van der Waals surface area contributed by atoms with Crippen molar-refractivity contribution in [1.29, 1.82) is 0 Å². The smallest absolute Gasteiger partial charge is 0.333 e. The maximum Gasteiger partial charge on any atom is 0.333 e. The molecule has 2 heterocycles. The fraction of sp³-hybridized carbons (Fsp3) is 0.500. The van der Waals surface area contributed by atoms with Crippen LogP contribution in [0.15, 0.2) is 30.3 Å². The van der Waals surface area contributed by atoms with E-state index in [1.165, 1.54) is 16.7 Å². The van der Waals surface area contributed by atoms with E-state index in [0.29, 0.717) is 10.2 Å². The van der Waals surface area contributed by atoms with Crippen LogP contribution in [0.3, 0.4) is 0 Å². The van der Waals surface area contributed by atoms with E-state index in [1.807, 2.05) is 13.0 Å². The number of hydrogen-bond donors (Lipinski definition) is 1. The van der Waals surface area contributed by atoms with Crippen LogP contribution in [-0.2, 0) is 19.1 Å². The summed E-state index contributed by atoms with van der Waals surface area (Å²) in [5.41, 5.74) is 0. The molecule has 0 saturated carbocycles. The molecule has 7 nitrogen and oxygen atoms in total. The van der Waals surface area contributed by atoms with E-state index in [4.69, 9.17) is 44.3 Å². The highest BCUT2D eigenvalue weighted by molar-refractivity contribution is 14.1. The third kappa shape index (κ3) is 4.90. The number of ether oxygens (including phenoxy) is 2. The van der Waals surface area contributed by atoms with Gasteiger partial charge in [0.1, 0.15) is 23.2 Å². The van der Waals surface area contributed by atoms with Crippen LogP contribution in [-0.4, -0.2) is 66.3 Å². The molecule has 0 aromatic heterocycles. The largest absolute Gasteiger partial charge is 0.484 e. The lowest BCUT2D eigenvalue weighted by Gasteiger charge is -2.44. The molecule has 2 aliphatic heterocycles. The van der Waals surface area contributed by atoms with Gasteiger partial charge in [-0.15, -0.1) is 23.4 Å². The summed E-state index contributed by atoms with van der Waals surface area (Å²) in [6.45, 7) is 1.63. The van der Waals surface area contributed by atoms with Gasteiger partial charge in [0, 0.05) is 4.43 Å². The number of amides is 2. The average Bonchev–Trinajstić information content (AvgIpc) is 3.01. The summed E-state index contributed by atoms with van der Waals surface area (Å²) in [4.78, 5) is 39.2. The molecule has 2 fully saturated rings. The monoisotopic (exact) mass is 606 g/mol. The molecular formula is C18H18Cl3IN2O5S. The summed E-state index contributed by atoms with van der Waals surface area (Å²) >= 11 is 20.9. The Morgan fingerprint density at radius 3 is 2.60 bits per heavy atom. The summed E-state index contributed by atoms with van der Waals surface area (Å²) in [6, 6.07) is 7.22. The number of β-lactam (4-membered cyclic amide) rings is 1. The van der Waals surface area contributed by atoms with Crippen molar-refractivity contribution in [3.05, 3.63) is 30.3 Å². The zero-order chi connectivity index (χ0) is 22.1. The molecule has 3 rings (SSSR count). The molecule has 4 atom stereocenters. The van der Waals surface area contributed by atoms with Gasteiger partial charge in [-0.1, -0.05) is 64.0 Å². The lowest BCUT2D eigenvalue weighted by molar-refractivity contribution is -0.166. The van der Waals surface area contributed by atoms with E-state index in [1.54, 1.807) is 24.3 Å². The predicted octanol–water partition coefficient (Wildman–Crippen LogP) is 2.94. The Morgan fingerprint density at radius 2 is 2.00 bits per heavy atom. The van der Waals surface area contributed by atoms with E-state index in [2.05, 4.69) is 27.9 Å². The Balaban J connectivity index is 1.65. The first-order valence-electron chi connectivity index (χ1n) is 8.82. The van der Waals surface area contributed by atoms with Crippen LogP contribution in [0.2, 0.25) is 0 Å². The van der Waals surface area contributed by atoms with E-state index in [-0.39, 0.29) is 18.4 Å². The summed E-state index contributed by atoms with van der Waals surface area (Å²) < 4.78 is 8.54. The van der Waals surface area contributed by atoms with Gasteiger partial charge in [-0.3, -0.25) is 9.59 Å². The fourth-order valence-electron chi connectivity index (χ4n) is 3.23. The lowest BCUT2D eigenvalue weighted by atomic mass is 9.96. The second-order valence-corrected chi connectivity index (χ2v) is 11.0. The van der Waals surface area contributed by atoms with Crippen molar-refractivity contribution < 1.29 is 23.9 Å². The van der Waals surface area contributed by atoms with Gasteiger partial charge in [0.2, 0.25) is 5.91 Å². The molecule has 1 aromatic rings. The number of fused-ring (bicyclic) bond motifs is 1. The molecule has 0 bridgehead atoms. The quantitative estimate of drug-likeness (QED) is 0.212. The topological polar surface area (TPSA) is 84.9 Å². The Hall–Kier alpha value is -0.620. The van der Waals surface area contributed by atoms with E-state index >= 15 is 0 Å². The van der Waals surface area contributed by atoms with E-state index < -0.39 is 38.6 Å². The summed E-state index contributed by atoms with van der Waals surface area (Å²) in [5.74, 6) is -1.31. The van der Waals surface area contributed by atoms with Crippen molar-refractivity contribution in [3.8, 4) is 5.75 Å². The number of benzene rings is 1. The number of para-hydroxylation sites is 1. The van der Waals surface area contributed by atoms with Crippen molar-refractivity contribution in [2.75, 3.05) is 16.9 Å². The second-order valence-electron chi connectivity index (χ2n) is 6.94. The predicted molar refractivity (Wildman–Crippen MR) is 124 cm³/mol. The average molecular weight is 608 g/mol. The number of thioether (sulfide) groups is 1. The van der Waals surface area contributed by atoms with Crippen molar-refractivity contribution in [2.45, 2.75) is 33.6 Å². The highest BCUT2D eigenvalue weighted by Gasteiger charge is 2.66. The van der Waals surface area contributed by atoms with Gasteiger partial charge >= 0.3 is 5.97 Å². The normalized spacial score (nSPS) is 27.8. The molecule has 0 aliphatic carbocycles. The first-order chi connectivity index (χ1) is 14.1. The van der Waals surface area contributed by atoms with Crippen molar-refractivity contribution in [1.82, 2.24) is 10.2 Å². The summed E-state index contributed by atoms with van der Waals surface area (Å²) in [5, 5.41) is 2.27. The number of carbonyl (C=O) groups excluding carboxylic acids is 3. The van der Waals surface area contributed by atoms with Gasteiger partial charge in [0.05, 0.1) is 10.6 Å². The molecule has 1 N–H and O–H groups in total. The fourth-order valence-corrected chi connectivity index (χ4v) is 6.01. The number of halogens is 4. The molecule has 0 spiro atoms. The van der Waals surface area contributed by atoms with Crippen LogP contribution in [0.25, 0.3) is 0 Å². The van der Waals surface area contributed by atoms with Crippen LogP contribution in [0, 0.1) is 0 Å². The zero-order valence-electron chi connectivity index (χ0n) is 15.6. The Morgan fingerprint density at radius 1 is 1.33 bits per heavy atom. The minimum atomic E-state index is -1.89. The van der Waals surface area contributed by atoms with Crippen molar-refractivity contribution in [3.63, 3.8) is 0 Å². The van der Waals surface area contributed by atoms with Crippen molar-refractivity contribution in [2.24, 2.45) is 0 Å². The molecule has 2 aliphatic rings. The van der Waals surface area contributed by atoms with Crippen LogP contribution in [0.4, 0.5) is 0 Å². The second kappa shape index (κ2) is 9.48. The van der Waals surface area contributed by atoms with Crippen LogP contribution < -0.4 is 10.1 Å². The number of esters is 1. The number of hydrogen-bond acceptors (Lipinski definition) is 6. The zero-order valence-corrected chi connectivity index (χ0v) is 20.9. The number of nitrogens with one attached hydrogen (secondary N) is 1. The number of carbonyl (C=O) groups is 3. The third-order valence-corrected chi connectivity index (χ3v) is 9.47. The van der Waals surface area contributed by atoms with Crippen LogP contribution in [0.1, 0.15) is 6.92 Å². The Bertz CT molecular complexity index is 833. The number of nitrogens with zero attached hydrogens (tertiary/aromatic N) is 1. The van der Waals surface area contributed by atoms with Crippen molar-refractivity contribution >= 4 is 86.9 Å². The highest BCUT2D eigenvalue weighted by atomic mass is 127. The molecular weight excluding hydrogens is 590 g/mol. The third-order valence-electron chi connectivity index (χ3n) is 4.65. The number of alkyl halides is 4. The molecule has 2 saturated heterocycles. The minimum Gasteiger partial charge on any atom is -0.484 e. The van der Waals surface area contributed by atoms with E-state index in [0.717, 1.165) is 0 Å². The standard InChI is InChI=1S/C18H18Cl3IN2O5S/c1-17(9-22)13(16(27)29-18(20,21)8-19)24-14(26)12(15(24)30-17)23-11(25)7-28-10-5-3-2-4-6-10/h2-6,12-13,15H,7-9H2,1H3,(H,23,25)/t12?,13?,15-,17?/m1/s1. The van der Waals surface area contributed by atoms with Gasteiger partial charge < -0.3 is 19.7 Å².